The zero-order valence-electron chi connectivity index (χ0n) is 16.5. The Labute approximate surface area is 193 Å². The fourth-order valence-corrected chi connectivity index (χ4v) is 8.37. The summed E-state index contributed by atoms with van der Waals surface area (Å²) in [4.78, 5) is 25.0. The van der Waals surface area contributed by atoms with E-state index in [9.17, 15) is 19.8 Å². The summed E-state index contributed by atoms with van der Waals surface area (Å²) in [5.74, 6) is 0.624. The van der Waals surface area contributed by atoms with E-state index in [-0.39, 0.29) is 42.6 Å². The van der Waals surface area contributed by atoms with Gasteiger partial charge in [-0.15, -0.1) is 0 Å². The molecule has 0 aliphatic heterocycles. The van der Waals surface area contributed by atoms with Crippen molar-refractivity contribution in [1.29, 1.82) is 0 Å². The van der Waals surface area contributed by atoms with E-state index in [1.807, 2.05) is 13.0 Å². The predicted molar refractivity (Wildman–Crippen MR) is 124 cm³/mol. The van der Waals surface area contributed by atoms with E-state index in [1.165, 1.54) is 0 Å². The highest BCUT2D eigenvalue weighted by atomic mass is 127. The van der Waals surface area contributed by atoms with E-state index < -0.39 is 17.1 Å². The van der Waals surface area contributed by atoms with Gasteiger partial charge in [-0.1, -0.05) is 77.6 Å². The molecule has 4 nitrogen and oxygen atoms in total. The van der Waals surface area contributed by atoms with Crippen molar-refractivity contribution in [1.82, 2.24) is 0 Å². The molecule has 2 N–H and O–H groups in total. The van der Waals surface area contributed by atoms with Crippen LogP contribution in [0.5, 0.6) is 0 Å². The quantitative estimate of drug-likeness (QED) is 0.367. The molecule has 0 saturated heterocycles. The van der Waals surface area contributed by atoms with Crippen molar-refractivity contribution in [3.05, 3.63) is 23.8 Å². The number of rotatable bonds is 2. The highest BCUT2D eigenvalue weighted by Gasteiger charge is 2.68. The number of halogens is 2. The molecule has 6 heteroatoms. The zero-order chi connectivity index (χ0) is 20.6. The van der Waals surface area contributed by atoms with Crippen molar-refractivity contribution in [2.45, 2.75) is 60.1 Å². The topological polar surface area (TPSA) is 74.6 Å². The molecule has 0 bridgehead atoms. The number of hydrogen-bond acceptors (Lipinski definition) is 4. The lowest BCUT2D eigenvalue weighted by Gasteiger charge is -2.60. The molecular weight excluding hydrogens is 582 g/mol. The molecule has 0 heterocycles. The maximum Gasteiger partial charge on any atom is 0.187 e. The van der Waals surface area contributed by atoms with Gasteiger partial charge in [0.15, 0.2) is 11.6 Å². The minimum Gasteiger partial charge on any atom is -0.393 e. The Morgan fingerprint density at radius 1 is 1.32 bits per heavy atom. The third kappa shape index (κ3) is 2.72. The fraction of sp³-hybridized carbons (Fsp3) is 0.727. The second-order valence-electron chi connectivity index (χ2n) is 9.80. The molecule has 0 aromatic carbocycles. The normalized spacial score (nSPS) is 50.1. The first-order valence-corrected chi connectivity index (χ1v) is 12.6. The molecule has 0 spiro atoms. The van der Waals surface area contributed by atoms with Gasteiger partial charge in [0.2, 0.25) is 0 Å². The van der Waals surface area contributed by atoms with Crippen LogP contribution in [0, 0.1) is 34.5 Å². The van der Waals surface area contributed by atoms with Crippen LogP contribution in [0.3, 0.4) is 0 Å². The van der Waals surface area contributed by atoms with E-state index in [1.54, 1.807) is 12.2 Å². The molecule has 0 radical (unpaired) electrons. The molecule has 8 atom stereocenters. The Balaban J connectivity index is 1.77. The molecular formula is C22H28I2O4. The van der Waals surface area contributed by atoms with E-state index in [0.717, 1.165) is 18.4 Å². The molecule has 154 valence electrons. The van der Waals surface area contributed by atoms with Crippen LogP contribution in [0.25, 0.3) is 0 Å². The maximum absolute atomic E-state index is 13.0. The summed E-state index contributed by atoms with van der Waals surface area (Å²) in [7, 11) is 0. The standard InChI is InChI=1S/C22H28I2O4/c1-11-8-13-14-5-7-22(28,18(27)19(23)24)21(14,3)10-16(26)17(13)20(2)6-4-12(25)9-15(11)20/h4,6,9,11,13-14,16-17,19,26,28H,5,7-8,10H2,1-3H3/t11-,13?,14?,16?,17?,20?,21?,22?/m0/s1. The molecule has 3 saturated carbocycles. The van der Waals surface area contributed by atoms with Crippen LogP contribution in [0.1, 0.15) is 46.5 Å². The molecule has 4 aliphatic carbocycles. The Bertz CT molecular complexity index is 789. The van der Waals surface area contributed by atoms with Gasteiger partial charge < -0.3 is 10.2 Å². The number of carbonyl (C=O) groups is 2. The third-order valence-electron chi connectivity index (χ3n) is 8.57. The Morgan fingerprint density at radius 2 is 2.00 bits per heavy atom. The molecule has 0 amide bonds. The van der Waals surface area contributed by atoms with Gasteiger partial charge in [-0.05, 0) is 55.6 Å². The van der Waals surface area contributed by atoms with Gasteiger partial charge in [0, 0.05) is 16.7 Å². The van der Waals surface area contributed by atoms with E-state index in [0.29, 0.717) is 12.8 Å². The van der Waals surface area contributed by atoms with Gasteiger partial charge in [-0.2, -0.15) is 0 Å². The highest BCUT2D eigenvalue weighted by Crippen LogP contribution is 2.68. The summed E-state index contributed by atoms with van der Waals surface area (Å²) in [6.45, 7) is 6.35. The van der Waals surface area contributed by atoms with E-state index >= 15 is 0 Å². The van der Waals surface area contributed by atoms with Crippen LogP contribution in [0.4, 0.5) is 0 Å². The number of carbonyl (C=O) groups excluding carboxylic acids is 2. The minimum atomic E-state index is -1.37. The van der Waals surface area contributed by atoms with Gasteiger partial charge in [0.1, 0.15) is 7.53 Å². The van der Waals surface area contributed by atoms with Crippen molar-refractivity contribution in [3.63, 3.8) is 0 Å². The third-order valence-corrected chi connectivity index (χ3v) is 9.71. The Hall–Kier alpha value is 0.200. The predicted octanol–water partition coefficient (Wildman–Crippen LogP) is 4.01. The van der Waals surface area contributed by atoms with Gasteiger partial charge in [0.05, 0.1) is 6.10 Å². The van der Waals surface area contributed by atoms with Crippen LogP contribution < -0.4 is 0 Å². The van der Waals surface area contributed by atoms with Crippen molar-refractivity contribution in [3.8, 4) is 0 Å². The first kappa shape index (κ1) is 21.4. The van der Waals surface area contributed by atoms with Gasteiger partial charge >= 0.3 is 0 Å². The highest BCUT2D eigenvalue weighted by molar-refractivity contribution is 14.2. The van der Waals surface area contributed by atoms with Gasteiger partial charge in [0.25, 0.3) is 0 Å². The minimum absolute atomic E-state index is 0.0184. The van der Waals surface area contributed by atoms with E-state index in [2.05, 4.69) is 59.0 Å². The zero-order valence-corrected chi connectivity index (χ0v) is 20.8. The maximum atomic E-state index is 13.0. The number of hydrogen-bond donors (Lipinski definition) is 2. The number of Topliss-reactive ketones (excluding diaryl/α,β-unsaturated/α-hetero) is 1. The fourth-order valence-electron chi connectivity index (χ4n) is 7.34. The lowest BCUT2D eigenvalue weighted by atomic mass is 9.45. The number of alkyl halides is 2. The summed E-state index contributed by atoms with van der Waals surface area (Å²) in [5.41, 5.74) is -1.18. The SMILES string of the molecule is C[C@H]1CC2C(C(O)CC3(C)C2CCC3(O)C(=O)C(I)I)C2(C)C=CC(=O)C=C12. The summed E-state index contributed by atoms with van der Waals surface area (Å²) in [5, 5.41) is 22.9. The van der Waals surface area contributed by atoms with Crippen LogP contribution in [-0.4, -0.2) is 35.4 Å². The lowest BCUT2D eigenvalue weighted by Crippen LogP contribution is -2.62. The second-order valence-corrected chi connectivity index (χ2v) is 14.7. The lowest BCUT2D eigenvalue weighted by molar-refractivity contribution is -0.176. The van der Waals surface area contributed by atoms with E-state index in [4.69, 9.17) is 0 Å². The van der Waals surface area contributed by atoms with Crippen molar-refractivity contribution >= 4 is 56.7 Å². The van der Waals surface area contributed by atoms with Gasteiger partial charge in [-0.3, -0.25) is 9.59 Å². The molecule has 4 aliphatic rings. The van der Waals surface area contributed by atoms with Crippen molar-refractivity contribution in [2.24, 2.45) is 34.5 Å². The van der Waals surface area contributed by atoms with Crippen LogP contribution in [-0.2, 0) is 9.59 Å². The number of ketones is 2. The average Bonchev–Trinajstić information content (AvgIpc) is 2.87. The van der Waals surface area contributed by atoms with Crippen molar-refractivity contribution < 1.29 is 19.8 Å². The summed E-state index contributed by atoms with van der Waals surface area (Å²) in [6.07, 6.45) is 7.43. The molecule has 3 fully saturated rings. The number of aliphatic hydroxyl groups excluding tert-OH is 1. The second kappa shape index (κ2) is 6.85. The summed E-state index contributed by atoms with van der Waals surface area (Å²) < 4.78 is -0.282. The summed E-state index contributed by atoms with van der Waals surface area (Å²) >= 11 is 4.16. The number of aliphatic hydroxyl groups is 2. The molecule has 28 heavy (non-hydrogen) atoms. The first-order chi connectivity index (χ1) is 13.0. The monoisotopic (exact) mass is 610 g/mol. The molecule has 7 unspecified atom stereocenters. The van der Waals surface area contributed by atoms with Crippen molar-refractivity contribution in [2.75, 3.05) is 0 Å². The smallest absolute Gasteiger partial charge is 0.187 e. The first-order valence-electron chi connectivity index (χ1n) is 10.1. The molecule has 0 aromatic rings. The Morgan fingerprint density at radius 3 is 2.64 bits per heavy atom. The van der Waals surface area contributed by atoms with Crippen LogP contribution in [0.2, 0.25) is 0 Å². The van der Waals surface area contributed by atoms with Crippen LogP contribution >= 0.6 is 45.2 Å². The van der Waals surface area contributed by atoms with Crippen LogP contribution in [0.15, 0.2) is 23.8 Å². The molecule has 4 rings (SSSR count). The summed E-state index contributed by atoms with van der Waals surface area (Å²) in [6, 6.07) is 0. The van der Waals surface area contributed by atoms with Gasteiger partial charge in [-0.25, -0.2) is 0 Å². The Kier molecular flexibility index (Phi) is 5.25. The largest absolute Gasteiger partial charge is 0.393 e. The number of allylic oxidation sites excluding steroid dienone is 4. The average molecular weight is 610 g/mol. The molecule has 0 aromatic heterocycles. The number of fused-ring (bicyclic) bond motifs is 5.